The molecule has 1 heterocycles. The molecule has 0 aliphatic carbocycles. The van der Waals surface area contributed by atoms with Gasteiger partial charge in [-0.2, -0.15) is 0 Å². The van der Waals surface area contributed by atoms with E-state index in [1.165, 1.54) is 5.01 Å². The Morgan fingerprint density at radius 2 is 1.77 bits per heavy atom. The maximum atomic E-state index is 12.7. The molecule has 1 unspecified atom stereocenters. The van der Waals surface area contributed by atoms with Crippen LogP contribution in [-0.4, -0.2) is 42.2 Å². The number of carbonyl (C=O) groups is 2. The second kappa shape index (κ2) is 7.49. The molecular weight excluding hydrogens is 330 g/mol. The second-order valence-corrected chi connectivity index (χ2v) is 6.19. The summed E-state index contributed by atoms with van der Waals surface area (Å²) in [6.45, 7) is 3.61. The molecule has 1 aliphatic heterocycles. The normalized spacial score (nSPS) is 19.2. The standard InChI is InChI=1S/C20H21N3O3/c1-14-9-11-17(12-10-14)26-13-18(24)21-19-15(2)22(3)23(20(19)25)16-7-5-4-6-8-16/h4-12,15H,13H2,1-3H3. The lowest BCUT2D eigenvalue weighted by Gasteiger charge is -2.25. The highest BCUT2D eigenvalue weighted by atomic mass is 16.5. The topological polar surface area (TPSA) is 62.2 Å². The number of rotatable bonds is 4. The van der Waals surface area contributed by atoms with Crippen molar-refractivity contribution in [3.8, 4) is 5.75 Å². The predicted molar refractivity (Wildman–Crippen MR) is 100 cm³/mol. The molecule has 1 saturated heterocycles. The van der Waals surface area contributed by atoms with Crippen LogP contribution in [0.4, 0.5) is 5.69 Å². The van der Waals surface area contributed by atoms with E-state index in [9.17, 15) is 9.59 Å². The highest BCUT2D eigenvalue weighted by Crippen LogP contribution is 2.24. The number of hydrazine groups is 1. The highest BCUT2D eigenvalue weighted by Gasteiger charge is 2.40. The maximum absolute atomic E-state index is 12.7. The number of aryl methyl sites for hydroxylation is 1. The number of nitrogens with zero attached hydrogens (tertiary/aromatic N) is 3. The molecule has 1 fully saturated rings. The molecule has 0 N–H and O–H groups in total. The minimum atomic E-state index is -0.482. The van der Waals surface area contributed by atoms with Crippen LogP contribution < -0.4 is 9.75 Å². The molecule has 26 heavy (non-hydrogen) atoms. The van der Waals surface area contributed by atoms with E-state index in [0.717, 1.165) is 11.3 Å². The molecular formula is C20H21N3O3. The monoisotopic (exact) mass is 351 g/mol. The van der Waals surface area contributed by atoms with Gasteiger partial charge < -0.3 is 4.74 Å². The largest absolute Gasteiger partial charge is 0.484 e. The van der Waals surface area contributed by atoms with Crippen molar-refractivity contribution in [2.75, 3.05) is 18.7 Å². The zero-order valence-corrected chi connectivity index (χ0v) is 15.0. The third-order valence-electron chi connectivity index (χ3n) is 4.31. The van der Waals surface area contributed by atoms with Gasteiger partial charge in [-0.25, -0.2) is 15.0 Å². The molecule has 2 amide bonds. The van der Waals surface area contributed by atoms with Crippen molar-refractivity contribution in [1.29, 1.82) is 0 Å². The van der Waals surface area contributed by atoms with Crippen LogP contribution in [0.2, 0.25) is 0 Å². The van der Waals surface area contributed by atoms with Crippen molar-refractivity contribution in [1.82, 2.24) is 5.01 Å². The van der Waals surface area contributed by atoms with Crippen LogP contribution >= 0.6 is 0 Å². The Bertz CT molecular complexity index is 831. The maximum Gasteiger partial charge on any atom is 0.289 e. The first-order valence-electron chi connectivity index (χ1n) is 8.40. The average molecular weight is 351 g/mol. The summed E-state index contributed by atoms with van der Waals surface area (Å²) in [5.41, 5.74) is 2.06. The highest BCUT2D eigenvalue weighted by molar-refractivity contribution is 6.48. The van der Waals surface area contributed by atoms with Gasteiger partial charge in [-0.3, -0.25) is 9.59 Å². The number of hydrogen-bond acceptors (Lipinski definition) is 4. The van der Waals surface area contributed by atoms with Gasteiger partial charge in [0.2, 0.25) is 0 Å². The van der Waals surface area contributed by atoms with Crippen molar-refractivity contribution < 1.29 is 14.3 Å². The van der Waals surface area contributed by atoms with Crippen molar-refractivity contribution in [2.45, 2.75) is 19.9 Å². The molecule has 3 rings (SSSR count). The minimum absolute atomic E-state index is 0.207. The van der Waals surface area contributed by atoms with Gasteiger partial charge >= 0.3 is 0 Å². The summed E-state index contributed by atoms with van der Waals surface area (Å²) in [5.74, 6) is -0.183. The van der Waals surface area contributed by atoms with Gasteiger partial charge in [-0.1, -0.05) is 35.9 Å². The van der Waals surface area contributed by atoms with Crippen LogP contribution in [0.3, 0.4) is 0 Å². The van der Waals surface area contributed by atoms with Gasteiger partial charge in [0.25, 0.3) is 11.8 Å². The van der Waals surface area contributed by atoms with Gasteiger partial charge in [0.05, 0.1) is 11.7 Å². The molecule has 1 atom stereocenters. The zero-order valence-electron chi connectivity index (χ0n) is 15.0. The van der Waals surface area contributed by atoms with E-state index >= 15 is 0 Å². The van der Waals surface area contributed by atoms with E-state index in [4.69, 9.17) is 4.74 Å². The fourth-order valence-electron chi connectivity index (χ4n) is 2.74. The molecule has 0 aromatic heterocycles. The molecule has 134 valence electrons. The van der Waals surface area contributed by atoms with E-state index in [0.29, 0.717) is 5.75 Å². The molecule has 6 heteroatoms. The Labute approximate surface area is 152 Å². The van der Waals surface area contributed by atoms with E-state index in [2.05, 4.69) is 4.99 Å². The Hall–Kier alpha value is -2.99. The summed E-state index contributed by atoms with van der Waals surface area (Å²) in [4.78, 5) is 28.9. The molecule has 0 saturated carbocycles. The van der Waals surface area contributed by atoms with Crippen LogP contribution in [0.1, 0.15) is 12.5 Å². The smallest absolute Gasteiger partial charge is 0.289 e. The number of ether oxygens (including phenoxy) is 1. The number of aliphatic imine (C=N–C) groups is 1. The van der Waals surface area contributed by atoms with Gasteiger partial charge in [0, 0.05) is 7.05 Å². The molecule has 0 spiro atoms. The lowest BCUT2D eigenvalue weighted by molar-refractivity contribution is -0.120. The van der Waals surface area contributed by atoms with Crippen LogP contribution in [0.15, 0.2) is 59.6 Å². The van der Waals surface area contributed by atoms with Gasteiger partial charge in [-0.05, 0) is 38.1 Å². The van der Waals surface area contributed by atoms with Gasteiger partial charge in [-0.15, -0.1) is 0 Å². The third-order valence-corrected chi connectivity index (χ3v) is 4.31. The fraction of sp³-hybridized carbons (Fsp3) is 0.250. The lowest BCUT2D eigenvalue weighted by Crippen LogP contribution is -2.38. The summed E-state index contributed by atoms with van der Waals surface area (Å²) >= 11 is 0. The van der Waals surface area contributed by atoms with Crippen LogP contribution in [0.25, 0.3) is 0 Å². The summed E-state index contributed by atoms with van der Waals surface area (Å²) in [7, 11) is 1.80. The fourth-order valence-corrected chi connectivity index (χ4v) is 2.74. The quantitative estimate of drug-likeness (QED) is 0.849. The zero-order chi connectivity index (χ0) is 18.7. The summed E-state index contributed by atoms with van der Waals surface area (Å²) in [6.07, 6.45) is 0. The first-order valence-corrected chi connectivity index (χ1v) is 8.40. The molecule has 2 aromatic carbocycles. The Morgan fingerprint density at radius 3 is 2.42 bits per heavy atom. The van der Waals surface area contributed by atoms with E-state index in [1.54, 1.807) is 24.2 Å². The van der Waals surface area contributed by atoms with Gasteiger partial charge in [0.15, 0.2) is 6.61 Å². The van der Waals surface area contributed by atoms with Crippen LogP contribution in [-0.2, 0) is 9.59 Å². The average Bonchev–Trinajstić information content (AvgIpc) is 2.85. The Kier molecular flexibility index (Phi) is 5.14. The van der Waals surface area contributed by atoms with E-state index < -0.39 is 5.91 Å². The number of anilines is 1. The number of amides is 2. The molecule has 6 nitrogen and oxygen atoms in total. The summed E-state index contributed by atoms with van der Waals surface area (Å²) in [6, 6.07) is 16.4. The molecule has 2 aromatic rings. The number of benzene rings is 2. The van der Waals surface area contributed by atoms with Crippen molar-refractivity contribution in [3.05, 3.63) is 60.2 Å². The third kappa shape index (κ3) is 3.65. The predicted octanol–water partition coefficient (Wildman–Crippen LogP) is 2.62. The van der Waals surface area contributed by atoms with Crippen molar-refractivity contribution >= 4 is 23.2 Å². The second-order valence-electron chi connectivity index (χ2n) is 6.19. The Balaban J connectivity index is 1.72. The van der Waals surface area contributed by atoms with E-state index in [-0.39, 0.29) is 24.3 Å². The molecule has 0 radical (unpaired) electrons. The summed E-state index contributed by atoms with van der Waals surface area (Å²) in [5, 5.41) is 3.29. The van der Waals surface area contributed by atoms with Crippen molar-refractivity contribution in [2.24, 2.45) is 4.99 Å². The Morgan fingerprint density at radius 1 is 1.12 bits per heavy atom. The number of hydrogen-bond donors (Lipinski definition) is 0. The number of para-hydroxylation sites is 1. The molecule has 0 bridgehead atoms. The van der Waals surface area contributed by atoms with E-state index in [1.807, 2.05) is 56.3 Å². The van der Waals surface area contributed by atoms with Crippen molar-refractivity contribution in [3.63, 3.8) is 0 Å². The number of carbonyl (C=O) groups excluding carboxylic acids is 2. The lowest BCUT2D eigenvalue weighted by atomic mass is 10.2. The summed E-state index contributed by atoms with van der Waals surface area (Å²) < 4.78 is 5.45. The molecule has 1 aliphatic rings. The first kappa shape index (κ1) is 17.8. The minimum Gasteiger partial charge on any atom is -0.484 e. The first-order chi connectivity index (χ1) is 12.5. The van der Waals surface area contributed by atoms with Gasteiger partial charge in [0.1, 0.15) is 11.5 Å². The SMILES string of the molecule is Cc1ccc(OCC(=O)N=C2C(=O)N(c3ccccc3)N(C)C2C)cc1. The van der Waals surface area contributed by atoms with Crippen LogP contribution in [0, 0.1) is 6.92 Å². The van der Waals surface area contributed by atoms with Crippen LogP contribution in [0.5, 0.6) is 5.75 Å².